The monoisotopic (exact) mass is 381 g/mol. The zero-order chi connectivity index (χ0) is 19.6. The molecule has 1 saturated heterocycles. The summed E-state index contributed by atoms with van der Waals surface area (Å²) in [5.74, 6) is 0.605. The number of unbranched alkanes of at least 4 members (excludes halogenated alkanes) is 1. The summed E-state index contributed by atoms with van der Waals surface area (Å²) in [6.07, 6.45) is 12.0. The number of hydrogen-bond donors (Lipinski definition) is 1. The Morgan fingerprint density at radius 1 is 1.21 bits per heavy atom. The van der Waals surface area contributed by atoms with Crippen LogP contribution in [0, 0.1) is 5.92 Å². The number of furan rings is 1. The number of amides is 1. The van der Waals surface area contributed by atoms with E-state index in [0.717, 1.165) is 50.9 Å². The molecule has 6 nitrogen and oxygen atoms in total. The molecule has 1 fully saturated rings. The number of pyridine rings is 1. The third kappa shape index (κ3) is 6.16. The summed E-state index contributed by atoms with van der Waals surface area (Å²) in [4.78, 5) is 30.5. The first-order valence-electron chi connectivity index (χ1n) is 9.88. The SMILES string of the molecule is O=C(C=Cc1cccnc1)NCCCCN1CCC(C(=O)c2ccco2)CC1. The second-order valence-corrected chi connectivity index (χ2v) is 7.08. The Labute approximate surface area is 165 Å². The molecule has 6 heteroatoms. The molecule has 0 unspecified atom stereocenters. The van der Waals surface area contributed by atoms with Crippen LogP contribution in [0.3, 0.4) is 0 Å². The lowest BCUT2D eigenvalue weighted by molar-refractivity contribution is -0.116. The number of rotatable bonds is 9. The summed E-state index contributed by atoms with van der Waals surface area (Å²) in [5, 5.41) is 2.91. The van der Waals surface area contributed by atoms with E-state index >= 15 is 0 Å². The fourth-order valence-corrected chi connectivity index (χ4v) is 3.42. The minimum atomic E-state index is -0.0823. The summed E-state index contributed by atoms with van der Waals surface area (Å²) >= 11 is 0. The van der Waals surface area contributed by atoms with Crippen molar-refractivity contribution in [2.75, 3.05) is 26.2 Å². The number of ketones is 1. The lowest BCUT2D eigenvalue weighted by Crippen LogP contribution is -2.37. The van der Waals surface area contributed by atoms with Crippen molar-refractivity contribution in [1.82, 2.24) is 15.2 Å². The first kappa shape index (κ1) is 20.0. The van der Waals surface area contributed by atoms with E-state index in [4.69, 9.17) is 4.42 Å². The summed E-state index contributed by atoms with van der Waals surface area (Å²) < 4.78 is 5.22. The van der Waals surface area contributed by atoms with Crippen molar-refractivity contribution in [2.45, 2.75) is 25.7 Å². The van der Waals surface area contributed by atoms with Gasteiger partial charge >= 0.3 is 0 Å². The molecule has 0 bridgehead atoms. The van der Waals surface area contributed by atoms with Gasteiger partial charge in [0.15, 0.2) is 5.76 Å². The van der Waals surface area contributed by atoms with Crippen molar-refractivity contribution in [2.24, 2.45) is 5.92 Å². The van der Waals surface area contributed by atoms with Gasteiger partial charge in [0.2, 0.25) is 11.7 Å². The lowest BCUT2D eigenvalue weighted by atomic mass is 9.91. The second kappa shape index (κ2) is 10.6. The first-order valence-corrected chi connectivity index (χ1v) is 9.88. The molecule has 0 aromatic carbocycles. The van der Waals surface area contributed by atoms with E-state index in [1.54, 1.807) is 36.9 Å². The van der Waals surface area contributed by atoms with Gasteiger partial charge in [-0.05, 0) is 75.2 Å². The molecule has 0 atom stereocenters. The summed E-state index contributed by atoms with van der Waals surface area (Å²) in [5.41, 5.74) is 0.909. The smallest absolute Gasteiger partial charge is 0.243 e. The van der Waals surface area contributed by atoms with Gasteiger partial charge in [-0.25, -0.2) is 0 Å². The van der Waals surface area contributed by atoms with Gasteiger partial charge in [-0.3, -0.25) is 14.6 Å². The number of carbonyl (C=O) groups excluding carboxylic acids is 2. The van der Waals surface area contributed by atoms with Crippen LogP contribution in [0.4, 0.5) is 0 Å². The highest BCUT2D eigenvalue weighted by Crippen LogP contribution is 2.22. The highest BCUT2D eigenvalue weighted by Gasteiger charge is 2.26. The molecular weight excluding hydrogens is 354 g/mol. The molecule has 3 heterocycles. The normalized spacial score (nSPS) is 15.7. The van der Waals surface area contributed by atoms with Crippen LogP contribution >= 0.6 is 0 Å². The molecule has 2 aromatic heterocycles. The van der Waals surface area contributed by atoms with E-state index < -0.39 is 0 Å². The number of nitrogens with one attached hydrogen (secondary N) is 1. The fourth-order valence-electron chi connectivity index (χ4n) is 3.42. The Bertz CT molecular complexity index is 764. The summed E-state index contributed by atoms with van der Waals surface area (Å²) in [6.45, 7) is 3.56. The van der Waals surface area contributed by atoms with Gasteiger partial charge in [0.1, 0.15) is 0 Å². The van der Waals surface area contributed by atoms with Crippen LogP contribution < -0.4 is 5.32 Å². The standard InChI is InChI=1S/C22H27N3O3/c26-21(8-7-18-5-3-11-23-17-18)24-12-1-2-13-25-14-9-19(10-15-25)22(27)20-6-4-16-28-20/h3-8,11,16-17,19H,1-2,9-10,12-15H2,(H,24,26). The Kier molecular flexibility index (Phi) is 7.55. The molecule has 0 saturated carbocycles. The van der Waals surface area contributed by atoms with Crippen LogP contribution in [0.1, 0.15) is 41.8 Å². The summed E-state index contributed by atoms with van der Waals surface area (Å²) in [6, 6.07) is 7.25. The molecule has 1 N–H and O–H groups in total. The molecule has 0 radical (unpaired) electrons. The average molecular weight is 381 g/mol. The van der Waals surface area contributed by atoms with Gasteiger partial charge in [-0.1, -0.05) is 6.07 Å². The fraction of sp³-hybridized carbons (Fsp3) is 0.409. The van der Waals surface area contributed by atoms with Crippen molar-refractivity contribution in [3.8, 4) is 0 Å². The number of hydrogen-bond acceptors (Lipinski definition) is 5. The van der Waals surface area contributed by atoms with Crippen LogP contribution in [-0.4, -0.2) is 47.8 Å². The Morgan fingerprint density at radius 3 is 2.79 bits per heavy atom. The number of aromatic nitrogens is 1. The number of Topliss-reactive ketones (excluding diaryl/α,β-unsaturated/α-hetero) is 1. The maximum absolute atomic E-state index is 12.3. The van der Waals surface area contributed by atoms with Gasteiger partial charge < -0.3 is 14.6 Å². The molecule has 148 valence electrons. The van der Waals surface area contributed by atoms with E-state index in [2.05, 4.69) is 15.2 Å². The predicted octanol–water partition coefficient (Wildman–Crippen LogP) is 3.18. The topological polar surface area (TPSA) is 75.4 Å². The van der Waals surface area contributed by atoms with E-state index in [0.29, 0.717) is 12.3 Å². The molecule has 1 aliphatic rings. The van der Waals surface area contributed by atoms with Crippen molar-refractivity contribution in [3.63, 3.8) is 0 Å². The van der Waals surface area contributed by atoms with Gasteiger partial charge in [0.25, 0.3) is 0 Å². The lowest BCUT2D eigenvalue weighted by Gasteiger charge is -2.30. The molecule has 3 rings (SSSR count). The Morgan fingerprint density at radius 2 is 2.07 bits per heavy atom. The Hall–Kier alpha value is -2.73. The third-order valence-corrected chi connectivity index (χ3v) is 5.03. The summed E-state index contributed by atoms with van der Waals surface area (Å²) in [7, 11) is 0. The Balaban J connectivity index is 1.26. The van der Waals surface area contributed by atoms with Crippen molar-refractivity contribution in [3.05, 3.63) is 60.3 Å². The second-order valence-electron chi connectivity index (χ2n) is 7.08. The van der Waals surface area contributed by atoms with Crippen molar-refractivity contribution in [1.29, 1.82) is 0 Å². The van der Waals surface area contributed by atoms with Crippen molar-refractivity contribution < 1.29 is 14.0 Å². The number of nitrogens with zero attached hydrogens (tertiary/aromatic N) is 2. The average Bonchev–Trinajstić information content (AvgIpc) is 3.28. The first-order chi connectivity index (χ1) is 13.7. The maximum Gasteiger partial charge on any atom is 0.243 e. The van der Waals surface area contributed by atoms with E-state index in [1.807, 2.05) is 12.1 Å². The number of piperidine rings is 1. The van der Waals surface area contributed by atoms with E-state index in [9.17, 15) is 9.59 Å². The molecule has 0 aliphatic carbocycles. The van der Waals surface area contributed by atoms with Crippen LogP contribution in [0.15, 0.2) is 53.4 Å². The molecule has 28 heavy (non-hydrogen) atoms. The zero-order valence-corrected chi connectivity index (χ0v) is 16.0. The predicted molar refractivity (Wildman–Crippen MR) is 108 cm³/mol. The number of carbonyl (C=O) groups is 2. The number of likely N-dealkylation sites (tertiary alicyclic amines) is 1. The molecule has 1 aliphatic heterocycles. The van der Waals surface area contributed by atoms with Gasteiger partial charge in [-0.15, -0.1) is 0 Å². The molecule has 0 spiro atoms. The van der Waals surface area contributed by atoms with E-state index in [1.165, 1.54) is 6.08 Å². The van der Waals surface area contributed by atoms with Gasteiger partial charge in [0, 0.05) is 30.9 Å². The van der Waals surface area contributed by atoms with Crippen molar-refractivity contribution >= 4 is 17.8 Å². The quantitative estimate of drug-likeness (QED) is 0.410. The van der Waals surface area contributed by atoms with Crippen LogP contribution in [-0.2, 0) is 4.79 Å². The van der Waals surface area contributed by atoms with Crippen LogP contribution in [0.25, 0.3) is 6.08 Å². The minimum absolute atomic E-state index is 0.0771. The molecule has 1 amide bonds. The van der Waals surface area contributed by atoms with Crippen LogP contribution in [0.2, 0.25) is 0 Å². The highest BCUT2D eigenvalue weighted by molar-refractivity contribution is 5.95. The maximum atomic E-state index is 12.3. The van der Waals surface area contributed by atoms with Crippen LogP contribution in [0.5, 0.6) is 0 Å². The van der Waals surface area contributed by atoms with Gasteiger partial charge in [-0.2, -0.15) is 0 Å². The van der Waals surface area contributed by atoms with E-state index in [-0.39, 0.29) is 17.6 Å². The minimum Gasteiger partial charge on any atom is -0.461 e. The van der Waals surface area contributed by atoms with Gasteiger partial charge in [0.05, 0.1) is 6.26 Å². The third-order valence-electron chi connectivity index (χ3n) is 5.03. The largest absolute Gasteiger partial charge is 0.461 e. The zero-order valence-electron chi connectivity index (χ0n) is 16.0. The molecule has 2 aromatic rings. The highest BCUT2D eigenvalue weighted by atomic mass is 16.3. The molecular formula is C22H27N3O3.